The minimum Gasteiger partial charge on any atom is -0.475 e. The predicted octanol–water partition coefficient (Wildman–Crippen LogP) is 3.83. The van der Waals surface area contributed by atoms with Gasteiger partial charge in [-0.15, -0.1) is 0 Å². The third-order valence-electron chi connectivity index (χ3n) is 4.47. The highest BCUT2D eigenvalue weighted by Crippen LogP contribution is 2.35. The number of hydrogen-bond acceptors (Lipinski definition) is 5. The summed E-state index contributed by atoms with van der Waals surface area (Å²) in [7, 11) is 0. The lowest BCUT2D eigenvalue weighted by Gasteiger charge is -2.30. The van der Waals surface area contributed by atoms with E-state index in [0.717, 1.165) is 25.7 Å². The molecule has 1 aromatic carbocycles. The van der Waals surface area contributed by atoms with Crippen molar-refractivity contribution in [3.8, 4) is 0 Å². The van der Waals surface area contributed by atoms with Crippen molar-refractivity contribution < 1.29 is 14.8 Å². The number of carboxylic acid groups (broad SMARTS) is 1. The highest BCUT2D eigenvalue weighted by Gasteiger charge is 2.57. The Kier molecular flexibility index (Phi) is 8.54. The Morgan fingerprint density at radius 1 is 1.35 bits per heavy atom. The van der Waals surface area contributed by atoms with Crippen LogP contribution in [-0.2, 0) is 4.79 Å². The number of hydrogen-bond donors (Lipinski definition) is 2. The standard InChI is InChI=1S/C17H25N5O4/c1-2-3-4-5-9-12-14(20-21-19)15(13-10-7-6-8-11-13)17(18,16(23)24)22(25)26/h6-8,10-11,14-15H,2-5,9,12,18H2,1H3,(H,23,24). The maximum Gasteiger partial charge on any atom is 0.399 e. The van der Waals surface area contributed by atoms with Crippen LogP contribution in [0.25, 0.3) is 10.4 Å². The summed E-state index contributed by atoms with van der Waals surface area (Å²) in [5, 5.41) is 24.7. The minimum absolute atomic E-state index is 0.327. The fourth-order valence-corrected chi connectivity index (χ4v) is 3.07. The summed E-state index contributed by atoms with van der Waals surface area (Å²) in [6.45, 7) is 2.08. The third kappa shape index (κ3) is 5.18. The summed E-state index contributed by atoms with van der Waals surface area (Å²) >= 11 is 0. The first-order valence-electron chi connectivity index (χ1n) is 8.65. The van der Waals surface area contributed by atoms with E-state index in [4.69, 9.17) is 11.3 Å². The highest BCUT2D eigenvalue weighted by atomic mass is 16.6. The molecule has 1 rings (SSSR count). The van der Waals surface area contributed by atoms with Gasteiger partial charge in [-0.25, -0.2) is 4.79 Å². The highest BCUT2D eigenvalue weighted by molar-refractivity contribution is 5.78. The Labute approximate surface area is 152 Å². The van der Waals surface area contributed by atoms with Crippen molar-refractivity contribution in [3.05, 3.63) is 56.5 Å². The van der Waals surface area contributed by atoms with Gasteiger partial charge >= 0.3 is 11.6 Å². The maximum absolute atomic E-state index is 11.7. The van der Waals surface area contributed by atoms with E-state index < -0.39 is 28.5 Å². The van der Waals surface area contributed by atoms with Crippen molar-refractivity contribution in [3.63, 3.8) is 0 Å². The molecule has 9 heteroatoms. The van der Waals surface area contributed by atoms with Crippen molar-refractivity contribution in [1.82, 2.24) is 0 Å². The van der Waals surface area contributed by atoms with Gasteiger partial charge in [0.05, 0.1) is 16.9 Å². The molecule has 3 N–H and O–H groups in total. The molecular weight excluding hydrogens is 338 g/mol. The Morgan fingerprint density at radius 2 is 1.96 bits per heavy atom. The average molecular weight is 363 g/mol. The number of benzene rings is 1. The number of rotatable bonds is 12. The van der Waals surface area contributed by atoms with Crippen LogP contribution in [0.3, 0.4) is 0 Å². The molecule has 0 aliphatic carbocycles. The molecule has 0 aliphatic rings. The van der Waals surface area contributed by atoms with Crippen LogP contribution in [0.5, 0.6) is 0 Å². The monoisotopic (exact) mass is 363 g/mol. The van der Waals surface area contributed by atoms with Gasteiger partial charge in [0.25, 0.3) is 0 Å². The molecule has 0 aliphatic heterocycles. The summed E-state index contributed by atoms with van der Waals surface area (Å²) in [4.78, 5) is 25.0. The van der Waals surface area contributed by atoms with Crippen molar-refractivity contribution in [2.24, 2.45) is 10.8 Å². The van der Waals surface area contributed by atoms with Crippen LogP contribution in [0.1, 0.15) is 56.9 Å². The van der Waals surface area contributed by atoms with Gasteiger partial charge in [-0.3, -0.25) is 15.8 Å². The molecule has 0 aromatic heterocycles. The molecule has 0 bridgehead atoms. The summed E-state index contributed by atoms with van der Waals surface area (Å²) in [6, 6.07) is 7.18. The van der Waals surface area contributed by atoms with Crippen LogP contribution in [0.2, 0.25) is 0 Å². The summed E-state index contributed by atoms with van der Waals surface area (Å²) in [5.74, 6) is -3.04. The summed E-state index contributed by atoms with van der Waals surface area (Å²) in [6.07, 6.45) is 5.00. The van der Waals surface area contributed by atoms with Gasteiger partial charge in [0.15, 0.2) is 0 Å². The van der Waals surface area contributed by atoms with Crippen molar-refractivity contribution in [1.29, 1.82) is 0 Å². The van der Waals surface area contributed by atoms with E-state index in [-0.39, 0.29) is 0 Å². The molecule has 0 radical (unpaired) electrons. The SMILES string of the molecule is CCCCCCCC(N=[N+]=[N-])C(c1ccccc1)C(N)(C(=O)O)[N+](=O)[O-]. The van der Waals surface area contributed by atoms with E-state index in [1.54, 1.807) is 30.3 Å². The van der Waals surface area contributed by atoms with Crippen LogP contribution < -0.4 is 5.73 Å². The minimum atomic E-state index is -2.79. The maximum atomic E-state index is 11.7. The number of nitrogens with two attached hydrogens (primary N) is 1. The lowest BCUT2D eigenvalue weighted by atomic mass is 9.79. The van der Waals surface area contributed by atoms with E-state index in [1.807, 2.05) is 0 Å². The van der Waals surface area contributed by atoms with Crippen LogP contribution in [-0.4, -0.2) is 27.7 Å². The van der Waals surface area contributed by atoms with E-state index in [1.165, 1.54) is 0 Å². The molecule has 0 fully saturated rings. The molecule has 142 valence electrons. The normalized spacial score (nSPS) is 15.3. The Hall–Kier alpha value is -2.64. The van der Waals surface area contributed by atoms with E-state index in [9.17, 15) is 20.0 Å². The smallest absolute Gasteiger partial charge is 0.399 e. The summed E-state index contributed by atoms with van der Waals surface area (Å²) < 4.78 is 0. The second-order valence-electron chi connectivity index (χ2n) is 6.25. The van der Waals surface area contributed by atoms with E-state index in [0.29, 0.717) is 18.4 Å². The molecule has 9 nitrogen and oxygen atoms in total. The van der Waals surface area contributed by atoms with Gasteiger partial charge in [-0.2, -0.15) is 0 Å². The largest absolute Gasteiger partial charge is 0.475 e. The fourth-order valence-electron chi connectivity index (χ4n) is 3.07. The molecule has 0 saturated carbocycles. The van der Waals surface area contributed by atoms with Crippen LogP contribution in [0.4, 0.5) is 0 Å². The number of azide groups is 1. The van der Waals surface area contributed by atoms with Gasteiger partial charge in [-0.05, 0) is 17.5 Å². The molecule has 0 amide bonds. The number of unbranched alkanes of at least 4 members (excludes halogenated alkanes) is 4. The number of carbonyl (C=O) groups is 1. The van der Waals surface area contributed by atoms with Gasteiger partial charge < -0.3 is 5.11 Å². The number of aliphatic carboxylic acids is 1. The van der Waals surface area contributed by atoms with Gasteiger partial charge in [0.2, 0.25) is 0 Å². The van der Waals surface area contributed by atoms with Crippen LogP contribution >= 0.6 is 0 Å². The first-order chi connectivity index (χ1) is 12.4. The number of nitrogens with zero attached hydrogens (tertiary/aromatic N) is 4. The molecule has 3 atom stereocenters. The lowest BCUT2D eigenvalue weighted by Crippen LogP contribution is -2.61. The average Bonchev–Trinajstić information content (AvgIpc) is 2.62. The van der Waals surface area contributed by atoms with Gasteiger partial charge in [0, 0.05) is 4.91 Å². The van der Waals surface area contributed by atoms with Gasteiger partial charge in [-0.1, -0.05) is 74.5 Å². The molecule has 3 unspecified atom stereocenters. The fraction of sp³-hybridized carbons (Fsp3) is 0.588. The Bertz CT molecular complexity index is 632. The lowest BCUT2D eigenvalue weighted by molar-refractivity contribution is -0.559. The molecule has 0 heterocycles. The van der Waals surface area contributed by atoms with Crippen LogP contribution in [0, 0.1) is 10.1 Å². The first-order valence-corrected chi connectivity index (χ1v) is 8.65. The van der Waals surface area contributed by atoms with Crippen LogP contribution in [0.15, 0.2) is 35.4 Å². The van der Waals surface area contributed by atoms with E-state index >= 15 is 0 Å². The Morgan fingerprint density at radius 3 is 2.46 bits per heavy atom. The third-order valence-corrected chi connectivity index (χ3v) is 4.47. The molecule has 0 saturated heterocycles. The van der Waals surface area contributed by atoms with E-state index in [2.05, 4.69) is 16.9 Å². The summed E-state index contributed by atoms with van der Waals surface area (Å²) in [5.41, 5.74) is 12.3. The quantitative estimate of drug-likeness (QED) is 0.110. The molecule has 1 aromatic rings. The topological polar surface area (TPSA) is 155 Å². The van der Waals surface area contributed by atoms with Gasteiger partial charge in [0.1, 0.15) is 0 Å². The predicted molar refractivity (Wildman–Crippen MR) is 97.0 cm³/mol. The second-order valence-corrected chi connectivity index (χ2v) is 6.25. The van der Waals surface area contributed by atoms with Crippen molar-refractivity contribution in [2.45, 2.75) is 63.1 Å². The molecule has 26 heavy (non-hydrogen) atoms. The molecule has 0 spiro atoms. The Balaban J connectivity index is 3.25. The first kappa shape index (κ1) is 21.4. The second kappa shape index (κ2) is 10.4. The zero-order valence-electron chi connectivity index (χ0n) is 14.8. The molecular formula is C17H25N5O4. The van der Waals surface area contributed by atoms with Crippen molar-refractivity contribution in [2.75, 3.05) is 0 Å². The zero-order valence-corrected chi connectivity index (χ0v) is 14.8. The van der Waals surface area contributed by atoms with Crippen molar-refractivity contribution >= 4 is 5.97 Å². The zero-order chi connectivity index (χ0) is 19.6. The number of carboxylic acids is 1. The number of nitro groups is 1.